The van der Waals surface area contributed by atoms with Gasteiger partial charge in [-0.3, -0.25) is 9.88 Å². The largest absolute Gasteiger partial charge is 0.397 e. The summed E-state index contributed by atoms with van der Waals surface area (Å²) in [6, 6.07) is 3.80. The van der Waals surface area contributed by atoms with Crippen molar-refractivity contribution < 1.29 is 0 Å². The predicted molar refractivity (Wildman–Crippen MR) is 62.3 cm³/mol. The van der Waals surface area contributed by atoms with Crippen LogP contribution in [0.1, 0.15) is 26.0 Å². The third-order valence-electron chi connectivity index (χ3n) is 3.06. The third kappa shape index (κ3) is 2.48. The first-order valence-corrected chi connectivity index (χ1v) is 5.49. The van der Waals surface area contributed by atoms with E-state index >= 15 is 0 Å². The molecule has 0 saturated carbocycles. The van der Waals surface area contributed by atoms with Crippen molar-refractivity contribution in [2.75, 3.05) is 18.8 Å². The molecule has 0 radical (unpaired) electrons. The van der Waals surface area contributed by atoms with Crippen molar-refractivity contribution in [3.05, 3.63) is 24.0 Å². The van der Waals surface area contributed by atoms with E-state index in [1.165, 1.54) is 6.42 Å². The van der Waals surface area contributed by atoms with E-state index in [0.29, 0.717) is 5.41 Å². The molecule has 3 nitrogen and oxygen atoms in total. The fraction of sp³-hybridized carbons (Fsp3) is 0.583. The number of anilines is 1. The van der Waals surface area contributed by atoms with Gasteiger partial charge in [0, 0.05) is 19.3 Å². The zero-order chi connectivity index (χ0) is 10.9. The van der Waals surface area contributed by atoms with Gasteiger partial charge < -0.3 is 5.73 Å². The molecule has 1 aromatic rings. The number of nitrogens with two attached hydrogens (primary N) is 1. The Balaban J connectivity index is 2.02. The Morgan fingerprint density at radius 3 is 2.93 bits per heavy atom. The summed E-state index contributed by atoms with van der Waals surface area (Å²) in [7, 11) is 0. The van der Waals surface area contributed by atoms with Gasteiger partial charge in [0.05, 0.1) is 11.4 Å². The molecule has 0 aliphatic carbocycles. The highest BCUT2D eigenvalue weighted by Gasteiger charge is 2.29. The lowest BCUT2D eigenvalue weighted by Crippen LogP contribution is -2.23. The van der Waals surface area contributed by atoms with Crippen molar-refractivity contribution in [1.82, 2.24) is 9.88 Å². The molecule has 2 rings (SSSR count). The lowest BCUT2D eigenvalue weighted by molar-refractivity contribution is 0.282. The van der Waals surface area contributed by atoms with Crippen LogP contribution in [0.15, 0.2) is 18.3 Å². The Morgan fingerprint density at radius 2 is 2.33 bits per heavy atom. The van der Waals surface area contributed by atoms with Crippen LogP contribution in [0.25, 0.3) is 0 Å². The van der Waals surface area contributed by atoms with Crippen LogP contribution in [-0.4, -0.2) is 23.0 Å². The summed E-state index contributed by atoms with van der Waals surface area (Å²) in [5, 5.41) is 0. The fourth-order valence-corrected chi connectivity index (χ4v) is 2.15. The second-order valence-electron chi connectivity index (χ2n) is 5.16. The molecule has 1 fully saturated rings. The molecule has 0 spiro atoms. The van der Waals surface area contributed by atoms with Crippen LogP contribution in [0.4, 0.5) is 5.69 Å². The average Bonchev–Trinajstić information content (AvgIpc) is 2.50. The molecule has 1 aliphatic rings. The Bertz CT molecular complexity index is 346. The zero-order valence-electron chi connectivity index (χ0n) is 9.53. The Hall–Kier alpha value is -1.09. The number of likely N-dealkylation sites (tertiary alicyclic amines) is 1. The molecular weight excluding hydrogens is 186 g/mol. The fourth-order valence-electron chi connectivity index (χ4n) is 2.15. The monoisotopic (exact) mass is 205 g/mol. The van der Waals surface area contributed by atoms with Crippen LogP contribution in [0.2, 0.25) is 0 Å². The maximum absolute atomic E-state index is 5.88. The van der Waals surface area contributed by atoms with E-state index in [2.05, 4.69) is 23.7 Å². The first kappa shape index (κ1) is 10.4. The van der Waals surface area contributed by atoms with Crippen molar-refractivity contribution >= 4 is 5.69 Å². The number of nitrogens with zero attached hydrogens (tertiary/aromatic N) is 2. The smallest absolute Gasteiger partial charge is 0.0772 e. The van der Waals surface area contributed by atoms with Crippen LogP contribution in [0.5, 0.6) is 0 Å². The van der Waals surface area contributed by atoms with Crippen molar-refractivity contribution in [3.8, 4) is 0 Å². The summed E-state index contributed by atoms with van der Waals surface area (Å²) in [6.45, 7) is 7.81. The Labute approximate surface area is 91.3 Å². The van der Waals surface area contributed by atoms with Gasteiger partial charge in [0.25, 0.3) is 0 Å². The molecule has 0 unspecified atom stereocenters. The molecule has 1 saturated heterocycles. The van der Waals surface area contributed by atoms with Gasteiger partial charge in [-0.05, 0) is 30.5 Å². The lowest BCUT2D eigenvalue weighted by Gasteiger charge is -2.19. The zero-order valence-corrected chi connectivity index (χ0v) is 9.53. The van der Waals surface area contributed by atoms with Crippen LogP contribution in [0.3, 0.4) is 0 Å². The molecule has 82 valence electrons. The van der Waals surface area contributed by atoms with Gasteiger partial charge >= 0.3 is 0 Å². The number of hydrogen-bond acceptors (Lipinski definition) is 3. The summed E-state index contributed by atoms with van der Waals surface area (Å²) < 4.78 is 0. The molecule has 3 heteroatoms. The molecule has 0 aromatic carbocycles. The Kier molecular flexibility index (Phi) is 2.65. The van der Waals surface area contributed by atoms with E-state index in [0.717, 1.165) is 31.0 Å². The molecular formula is C12H19N3. The minimum Gasteiger partial charge on any atom is -0.397 e. The molecule has 15 heavy (non-hydrogen) atoms. The first-order valence-electron chi connectivity index (χ1n) is 5.49. The number of pyridine rings is 1. The predicted octanol–water partition coefficient (Wildman–Crippen LogP) is 1.90. The topological polar surface area (TPSA) is 42.2 Å². The van der Waals surface area contributed by atoms with Crippen molar-refractivity contribution in [1.29, 1.82) is 0 Å². The normalized spacial score (nSPS) is 20.7. The highest BCUT2D eigenvalue weighted by Crippen LogP contribution is 2.29. The standard InChI is InChI=1S/C12H19N3/c1-12(2)5-7-15(9-12)8-11-10(13)4-3-6-14-11/h3-4,6H,5,7-9,13H2,1-2H3. The number of nitrogen functional groups attached to an aromatic ring is 1. The van der Waals surface area contributed by atoms with E-state index in [1.807, 2.05) is 18.3 Å². The average molecular weight is 205 g/mol. The molecule has 2 heterocycles. The van der Waals surface area contributed by atoms with E-state index < -0.39 is 0 Å². The summed E-state index contributed by atoms with van der Waals surface area (Å²) in [4.78, 5) is 6.75. The maximum atomic E-state index is 5.88. The second-order valence-corrected chi connectivity index (χ2v) is 5.16. The summed E-state index contributed by atoms with van der Waals surface area (Å²) in [5.74, 6) is 0. The molecule has 0 atom stereocenters. The molecule has 1 aliphatic heterocycles. The van der Waals surface area contributed by atoms with E-state index in [1.54, 1.807) is 0 Å². The van der Waals surface area contributed by atoms with E-state index in [4.69, 9.17) is 5.73 Å². The van der Waals surface area contributed by atoms with Gasteiger partial charge in [0.15, 0.2) is 0 Å². The molecule has 1 aromatic heterocycles. The van der Waals surface area contributed by atoms with Crippen LogP contribution in [0, 0.1) is 5.41 Å². The number of aromatic nitrogens is 1. The maximum Gasteiger partial charge on any atom is 0.0772 e. The van der Waals surface area contributed by atoms with E-state index in [9.17, 15) is 0 Å². The second kappa shape index (κ2) is 3.81. The Morgan fingerprint density at radius 1 is 1.53 bits per heavy atom. The highest BCUT2D eigenvalue weighted by molar-refractivity contribution is 5.41. The summed E-state index contributed by atoms with van der Waals surface area (Å²) in [5.41, 5.74) is 8.14. The van der Waals surface area contributed by atoms with Gasteiger partial charge in [-0.2, -0.15) is 0 Å². The van der Waals surface area contributed by atoms with Crippen molar-refractivity contribution in [3.63, 3.8) is 0 Å². The minimum atomic E-state index is 0.448. The molecule has 2 N–H and O–H groups in total. The number of hydrogen-bond donors (Lipinski definition) is 1. The first-order chi connectivity index (χ1) is 7.07. The molecule has 0 amide bonds. The van der Waals surface area contributed by atoms with E-state index in [-0.39, 0.29) is 0 Å². The van der Waals surface area contributed by atoms with Gasteiger partial charge in [-0.15, -0.1) is 0 Å². The van der Waals surface area contributed by atoms with Crippen LogP contribution in [-0.2, 0) is 6.54 Å². The number of rotatable bonds is 2. The van der Waals surface area contributed by atoms with Crippen molar-refractivity contribution in [2.45, 2.75) is 26.8 Å². The van der Waals surface area contributed by atoms with Gasteiger partial charge in [0.2, 0.25) is 0 Å². The summed E-state index contributed by atoms with van der Waals surface area (Å²) in [6.07, 6.45) is 3.08. The van der Waals surface area contributed by atoms with Gasteiger partial charge in [-0.25, -0.2) is 0 Å². The quantitative estimate of drug-likeness (QED) is 0.801. The highest BCUT2D eigenvalue weighted by atomic mass is 15.2. The SMILES string of the molecule is CC1(C)CCN(Cc2ncccc2N)C1. The van der Waals surface area contributed by atoms with Gasteiger partial charge in [0.1, 0.15) is 0 Å². The lowest BCUT2D eigenvalue weighted by atomic mass is 9.93. The van der Waals surface area contributed by atoms with Crippen molar-refractivity contribution in [2.24, 2.45) is 5.41 Å². The van der Waals surface area contributed by atoms with Crippen LogP contribution >= 0.6 is 0 Å². The van der Waals surface area contributed by atoms with Gasteiger partial charge in [-0.1, -0.05) is 13.8 Å². The molecule has 0 bridgehead atoms. The van der Waals surface area contributed by atoms with Crippen LogP contribution < -0.4 is 5.73 Å². The summed E-state index contributed by atoms with van der Waals surface area (Å²) >= 11 is 0. The minimum absolute atomic E-state index is 0.448. The third-order valence-corrected chi connectivity index (χ3v) is 3.06.